The van der Waals surface area contributed by atoms with Crippen LogP contribution >= 0.6 is 0 Å². The Kier molecular flexibility index (Phi) is 8.43. The molecule has 0 bridgehead atoms. The molecule has 35 heavy (non-hydrogen) atoms. The smallest absolute Gasteiger partial charge is 0.129 e. The van der Waals surface area contributed by atoms with Crippen molar-refractivity contribution in [2.45, 2.75) is 52.5 Å². The Morgan fingerprint density at radius 2 is 1.97 bits per heavy atom. The first-order chi connectivity index (χ1) is 17.2. The zero-order chi connectivity index (χ0) is 24.6. The van der Waals surface area contributed by atoms with E-state index in [4.69, 9.17) is 9.72 Å². The fourth-order valence-corrected chi connectivity index (χ4v) is 4.75. The van der Waals surface area contributed by atoms with Crippen LogP contribution in [0.5, 0.6) is 5.75 Å². The van der Waals surface area contributed by atoms with Crippen LogP contribution in [0, 0.1) is 6.92 Å². The molecule has 0 saturated carbocycles. The van der Waals surface area contributed by atoms with E-state index < -0.39 is 0 Å². The molecule has 0 spiro atoms. The van der Waals surface area contributed by atoms with E-state index in [0.29, 0.717) is 13.0 Å². The summed E-state index contributed by atoms with van der Waals surface area (Å²) in [4.78, 5) is 4.75. The van der Waals surface area contributed by atoms with Gasteiger partial charge in [0.15, 0.2) is 0 Å². The molecule has 4 aromatic rings. The van der Waals surface area contributed by atoms with Crippen LogP contribution < -0.4 is 10.1 Å². The van der Waals surface area contributed by atoms with Gasteiger partial charge in [0.1, 0.15) is 11.6 Å². The molecular formula is C30H37N3O2. The standard InChI is InChI=1S/C28H31N3O2.C2H6/c1-20-4-2-5-22(18-20)27(12-16-32)31-15-11-23-19-25(9-10-26(23)31)33-17-13-24-8-7-21-6-3-14-29-28(21)30-24;1-2/h2,4-5,7-11,15,18-19,27,32H,3,6,12-14,16-17H2,1H3,(H,29,30);1-2H3. The highest BCUT2D eigenvalue weighted by molar-refractivity contribution is 5.82. The molecule has 5 rings (SSSR count). The summed E-state index contributed by atoms with van der Waals surface area (Å²) in [5.74, 6) is 1.90. The highest BCUT2D eigenvalue weighted by Crippen LogP contribution is 2.30. The van der Waals surface area contributed by atoms with Gasteiger partial charge in [-0.2, -0.15) is 0 Å². The van der Waals surface area contributed by atoms with Crippen LogP contribution in [0.15, 0.2) is 66.9 Å². The number of aliphatic hydroxyl groups is 1. The topological polar surface area (TPSA) is 59.3 Å². The minimum Gasteiger partial charge on any atom is -0.493 e. The average Bonchev–Trinajstić information content (AvgIpc) is 3.31. The Hall–Kier alpha value is -3.31. The molecule has 5 nitrogen and oxygen atoms in total. The van der Waals surface area contributed by atoms with E-state index in [-0.39, 0.29) is 12.6 Å². The summed E-state index contributed by atoms with van der Waals surface area (Å²) in [5.41, 5.74) is 5.96. The minimum atomic E-state index is 0.0999. The van der Waals surface area contributed by atoms with E-state index in [9.17, 15) is 5.11 Å². The summed E-state index contributed by atoms with van der Waals surface area (Å²) in [6.45, 7) is 7.84. The maximum atomic E-state index is 9.70. The molecule has 2 aromatic carbocycles. The molecule has 0 radical (unpaired) electrons. The predicted molar refractivity (Wildman–Crippen MR) is 145 cm³/mol. The van der Waals surface area contributed by atoms with Gasteiger partial charge in [-0.1, -0.05) is 49.7 Å². The van der Waals surface area contributed by atoms with E-state index >= 15 is 0 Å². The molecule has 2 aromatic heterocycles. The molecule has 1 atom stereocenters. The number of anilines is 1. The maximum absolute atomic E-state index is 9.70. The summed E-state index contributed by atoms with van der Waals surface area (Å²) in [6.07, 6.45) is 5.84. The van der Waals surface area contributed by atoms with Gasteiger partial charge in [-0.15, -0.1) is 0 Å². The second kappa shape index (κ2) is 11.9. The predicted octanol–water partition coefficient (Wildman–Crippen LogP) is 6.32. The Balaban J connectivity index is 0.00000141. The molecule has 1 aliphatic rings. The molecule has 0 saturated heterocycles. The second-order valence-corrected chi connectivity index (χ2v) is 8.82. The molecule has 2 N–H and O–H groups in total. The van der Waals surface area contributed by atoms with Crippen molar-refractivity contribution in [1.29, 1.82) is 0 Å². The highest BCUT2D eigenvalue weighted by atomic mass is 16.5. The lowest BCUT2D eigenvalue weighted by atomic mass is 10.0. The van der Waals surface area contributed by atoms with Crippen molar-refractivity contribution in [3.8, 4) is 5.75 Å². The third-order valence-corrected chi connectivity index (χ3v) is 6.44. The maximum Gasteiger partial charge on any atom is 0.129 e. The molecule has 184 valence electrons. The molecule has 0 amide bonds. The van der Waals surface area contributed by atoms with E-state index in [1.54, 1.807) is 0 Å². The zero-order valence-corrected chi connectivity index (χ0v) is 21.1. The number of ether oxygens (including phenoxy) is 1. The van der Waals surface area contributed by atoms with Crippen LogP contribution in [0.1, 0.15) is 55.1 Å². The van der Waals surface area contributed by atoms with Crippen LogP contribution in [0.3, 0.4) is 0 Å². The molecule has 5 heteroatoms. The van der Waals surface area contributed by atoms with E-state index in [1.807, 2.05) is 19.9 Å². The number of aromatic nitrogens is 2. The number of hydrogen-bond donors (Lipinski definition) is 2. The molecule has 0 aliphatic carbocycles. The van der Waals surface area contributed by atoms with Crippen LogP contribution in [0.2, 0.25) is 0 Å². The number of aryl methyl sites for hydroxylation is 2. The number of fused-ring (bicyclic) bond motifs is 2. The van der Waals surface area contributed by atoms with Crippen molar-refractivity contribution in [1.82, 2.24) is 9.55 Å². The first-order valence-corrected chi connectivity index (χ1v) is 12.8. The van der Waals surface area contributed by atoms with E-state index in [1.165, 1.54) is 23.1 Å². The number of nitrogens with one attached hydrogen (secondary N) is 1. The van der Waals surface area contributed by atoms with Gasteiger partial charge in [0.25, 0.3) is 0 Å². The van der Waals surface area contributed by atoms with Gasteiger partial charge in [-0.05, 0) is 67.6 Å². The van der Waals surface area contributed by atoms with Gasteiger partial charge in [-0.3, -0.25) is 0 Å². The lowest BCUT2D eigenvalue weighted by Gasteiger charge is -2.20. The van der Waals surface area contributed by atoms with Gasteiger partial charge in [0, 0.05) is 42.4 Å². The fraction of sp³-hybridized carbons (Fsp3) is 0.367. The number of pyridine rings is 1. The lowest BCUT2D eigenvalue weighted by Crippen LogP contribution is -2.14. The molecule has 0 fully saturated rings. The number of benzene rings is 2. The Morgan fingerprint density at radius 1 is 1.09 bits per heavy atom. The minimum absolute atomic E-state index is 0.0999. The summed E-state index contributed by atoms with van der Waals surface area (Å²) in [5, 5.41) is 14.2. The Bertz CT molecular complexity index is 1250. The summed E-state index contributed by atoms with van der Waals surface area (Å²) in [6, 6.07) is 21.3. The number of nitrogens with zero attached hydrogens (tertiary/aromatic N) is 2. The summed E-state index contributed by atoms with van der Waals surface area (Å²) < 4.78 is 8.33. The molecule has 3 heterocycles. The normalized spacial score (nSPS) is 13.4. The van der Waals surface area contributed by atoms with Crippen LogP contribution in [-0.4, -0.2) is 34.4 Å². The third kappa shape index (κ3) is 5.85. The van der Waals surface area contributed by atoms with Gasteiger partial charge in [-0.25, -0.2) is 4.98 Å². The fourth-order valence-electron chi connectivity index (χ4n) is 4.75. The number of hydrogen-bond acceptors (Lipinski definition) is 4. The molecular weight excluding hydrogens is 434 g/mol. The average molecular weight is 472 g/mol. The van der Waals surface area contributed by atoms with Crippen LogP contribution in [0.25, 0.3) is 10.9 Å². The number of aliphatic hydroxyl groups excluding tert-OH is 1. The van der Waals surface area contributed by atoms with Crippen molar-refractivity contribution in [3.05, 3.63) is 89.2 Å². The second-order valence-electron chi connectivity index (χ2n) is 8.82. The summed E-state index contributed by atoms with van der Waals surface area (Å²) >= 11 is 0. The monoisotopic (exact) mass is 471 g/mol. The van der Waals surface area contributed by atoms with Gasteiger partial charge < -0.3 is 19.7 Å². The first-order valence-electron chi connectivity index (χ1n) is 12.8. The molecule has 1 unspecified atom stereocenters. The SMILES string of the molecule is CC.Cc1cccc(C(CCO)n2ccc3cc(OCCc4ccc5c(n4)NCCC5)ccc32)c1. The van der Waals surface area contributed by atoms with E-state index in [0.717, 1.165) is 47.6 Å². The quantitative estimate of drug-likeness (QED) is 0.316. The largest absolute Gasteiger partial charge is 0.493 e. The highest BCUT2D eigenvalue weighted by Gasteiger charge is 2.16. The third-order valence-electron chi connectivity index (χ3n) is 6.44. The van der Waals surface area contributed by atoms with Gasteiger partial charge in [0.2, 0.25) is 0 Å². The molecule has 1 aliphatic heterocycles. The lowest BCUT2D eigenvalue weighted by molar-refractivity contribution is 0.269. The van der Waals surface area contributed by atoms with Crippen molar-refractivity contribution in [2.24, 2.45) is 0 Å². The Morgan fingerprint density at radius 3 is 2.80 bits per heavy atom. The van der Waals surface area contributed by atoms with Gasteiger partial charge in [0.05, 0.1) is 12.6 Å². The van der Waals surface area contributed by atoms with Crippen LogP contribution in [-0.2, 0) is 12.8 Å². The van der Waals surface area contributed by atoms with Crippen molar-refractivity contribution in [3.63, 3.8) is 0 Å². The Labute approximate surface area is 208 Å². The summed E-state index contributed by atoms with van der Waals surface area (Å²) in [7, 11) is 0. The van der Waals surface area contributed by atoms with Gasteiger partial charge >= 0.3 is 0 Å². The van der Waals surface area contributed by atoms with Crippen molar-refractivity contribution < 1.29 is 9.84 Å². The van der Waals surface area contributed by atoms with Crippen molar-refractivity contribution >= 4 is 16.7 Å². The van der Waals surface area contributed by atoms with E-state index in [2.05, 4.69) is 77.6 Å². The van der Waals surface area contributed by atoms with Crippen molar-refractivity contribution in [2.75, 3.05) is 25.1 Å². The zero-order valence-electron chi connectivity index (χ0n) is 21.1. The van der Waals surface area contributed by atoms with Crippen LogP contribution in [0.4, 0.5) is 5.82 Å². The number of rotatable bonds is 8. The first kappa shape index (κ1) is 24.8.